The van der Waals surface area contributed by atoms with E-state index in [4.69, 9.17) is 10.5 Å². The van der Waals surface area contributed by atoms with Gasteiger partial charge in [-0.1, -0.05) is 55.1 Å². The molecule has 0 aromatic heterocycles. The van der Waals surface area contributed by atoms with Crippen molar-refractivity contribution in [1.29, 1.82) is 0 Å². The molecule has 132 valence electrons. The minimum Gasteiger partial charge on any atom is -0.466 e. The van der Waals surface area contributed by atoms with Crippen molar-refractivity contribution in [3.8, 4) is 0 Å². The van der Waals surface area contributed by atoms with Crippen molar-refractivity contribution in [2.24, 2.45) is 5.73 Å². The van der Waals surface area contributed by atoms with Gasteiger partial charge < -0.3 is 10.5 Å². The van der Waals surface area contributed by atoms with Crippen LogP contribution in [-0.4, -0.2) is 12.6 Å². The topological polar surface area (TPSA) is 52.3 Å². The van der Waals surface area contributed by atoms with Crippen LogP contribution >= 0.6 is 28.3 Å². The molecule has 0 fully saturated rings. The Morgan fingerprint density at radius 1 is 1.26 bits per heavy atom. The molecule has 0 aliphatic heterocycles. The Kier molecular flexibility index (Phi) is 10.8. The number of hydrogen-bond donors (Lipinski definition) is 1. The Morgan fingerprint density at radius 3 is 2.52 bits per heavy atom. The first kappa shape index (κ1) is 22.4. The summed E-state index contributed by atoms with van der Waals surface area (Å²) < 4.78 is 6.05. The van der Waals surface area contributed by atoms with Gasteiger partial charge in [0, 0.05) is 10.0 Å². The molecule has 1 aromatic carbocycles. The molecule has 0 saturated heterocycles. The Balaban J connectivity index is 0.00000484. The average molecular weight is 407 g/mol. The highest BCUT2D eigenvalue weighted by molar-refractivity contribution is 9.10. The van der Waals surface area contributed by atoms with E-state index in [2.05, 4.69) is 29.8 Å². The average Bonchev–Trinajstić information content (AvgIpc) is 2.47. The molecule has 0 spiro atoms. The lowest BCUT2D eigenvalue weighted by Gasteiger charge is -2.31. The van der Waals surface area contributed by atoms with Gasteiger partial charge in [-0.2, -0.15) is 0 Å². The lowest BCUT2D eigenvalue weighted by atomic mass is 9.80. The first-order valence-electron chi connectivity index (χ1n) is 8.20. The van der Waals surface area contributed by atoms with Crippen molar-refractivity contribution in [3.63, 3.8) is 0 Å². The molecule has 5 heteroatoms. The zero-order valence-corrected chi connectivity index (χ0v) is 16.8. The lowest BCUT2D eigenvalue weighted by Crippen LogP contribution is -2.37. The van der Waals surface area contributed by atoms with E-state index >= 15 is 0 Å². The number of esters is 1. The summed E-state index contributed by atoms with van der Waals surface area (Å²) in [6.45, 7) is 6.53. The van der Waals surface area contributed by atoms with Crippen molar-refractivity contribution in [2.45, 2.75) is 64.8 Å². The maximum atomic E-state index is 11.9. The van der Waals surface area contributed by atoms with Crippen molar-refractivity contribution in [3.05, 3.63) is 33.8 Å². The highest BCUT2D eigenvalue weighted by Crippen LogP contribution is 2.32. The molecule has 0 amide bonds. The summed E-state index contributed by atoms with van der Waals surface area (Å²) in [6, 6.07) is 6.04. The van der Waals surface area contributed by atoms with Gasteiger partial charge in [-0.05, 0) is 43.0 Å². The summed E-state index contributed by atoms with van der Waals surface area (Å²) in [7, 11) is 0. The third-order valence-electron chi connectivity index (χ3n) is 4.10. The summed E-state index contributed by atoms with van der Waals surface area (Å²) in [5, 5.41) is 0. The third-order valence-corrected chi connectivity index (χ3v) is 4.59. The van der Waals surface area contributed by atoms with E-state index in [9.17, 15) is 4.79 Å². The summed E-state index contributed by atoms with van der Waals surface area (Å²) in [4.78, 5) is 11.9. The SMILES string of the molecule is CCCCCC(N)(CC)c1ccc(Br)cc1CC(=O)OCC.Cl. The molecule has 2 N–H and O–H groups in total. The molecule has 0 saturated carbocycles. The van der Waals surface area contributed by atoms with E-state index in [1.165, 1.54) is 12.8 Å². The molecule has 0 radical (unpaired) electrons. The molecule has 23 heavy (non-hydrogen) atoms. The summed E-state index contributed by atoms with van der Waals surface area (Å²) in [6.07, 6.45) is 5.53. The third kappa shape index (κ3) is 6.82. The second-order valence-corrected chi connectivity index (χ2v) is 6.67. The van der Waals surface area contributed by atoms with Crippen LogP contribution in [0.25, 0.3) is 0 Å². The number of carbonyl (C=O) groups is 1. The normalized spacial score (nSPS) is 13.1. The summed E-state index contributed by atoms with van der Waals surface area (Å²) >= 11 is 3.48. The van der Waals surface area contributed by atoms with Crippen LogP contribution in [-0.2, 0) is 21.5 Å². The van der Waals surface area contributed by atoms with Gasteiger partial charge in [-0.15, -0.1) is 12.4 Å². The van der Waals surface area contributed by atoms with Crippen LogP contribution in [0.1, 0.15) is 64.0 Å². The van der Waals surface area contributed by atoms with Crippen LogP contribution in [0.2, 0.25) is 0 Å². The van der Waals surface area contributed by atoms with Crippen molar-refractivity contribution in [2.75, 3.05) is 6.61 Å². The zero-order valence-electron chi connectivity index (χ0n) is 14.4. The van der Waals surface area contributed by atoms with E-state index < -0.39 is 0 Å². The fraction of sp³-hybridized carbons (Fsp3) is 0.611. The Labute approximate surface area is 154 Å². The van der Waals surface area contributed by atoms with Crippen LogP contribution in [0, 0.1) is 0 Å². The van der Waals surface area contributed by atoms with Crippen LogP contribution in [0.4, 0.5) is 0 Å². The molecule has 0 heterocycles. The number of carbonyl (C=O) groups excluding carboxylic acids is 1. The lowest BCUT2D eigenvalue weighted by molar-refractivity contribution is -0.142. The standard InChI is InChI=1S/C18H28BrNO2.ClH/c1-4-7-8-11-18(20,5-2)16-10-9-15(19)12-14(16)13-17(21)22-6-3;/h9-10,12H,4-8,11,13,20H2,1-3H3;1H. The fourth-order valence-corrected chi connectivity index (χ4v) is 3.16. The molecular weight excluding hydrogens is 378 g/mol. The zero-order chi connectivity index (χ0) is 16.6. The van der Waals surface area contributed by atoms with Gasteiger partial charge in [0.15, 0.2) is 0 Å². The molecule has 1 aromatic rings. The van der Waals surface area contributed by atoms with Crippen molar-refractivity contribution < 1.29 is 9.53 Å². The molecule has 3 nitrogen and oxygen atoms in total. The molecule has 1 unspecified atom stereocenters. The van der Waals surface area contributed by atoms with Crippen LogP contribution in [0.15, 0.2) is 22.7 Å². The number of rotatable bonds is 9. The number of hydrogen-bond acceptors (Lipinski definition) is 3. The molecular formula is C18H29BrClNO2. The highest BCUT2D eigenvalue weighted by atomic mass is 79.9. The van der Waals surface area contributed by atoms with Gasteiger partial charge in [0.2, 0.25) is 0 Å². The van der Waals surface area contributed by atoms with Gasteiger partial charge >= 0.3 is 5.97 Å². The smallest absolute Gasteiger partial charge is 0.310 e. The van der Waals surface area contributed by atoms with Crippen LogP contribution in [0.5, 0.6) is 0 Å². The second kappa shape index (κ2) is 11.1. The van der Waals surface area contributed by atoms with Gasteiger partial charge in [0.25, 0.3) is 0 Å². The minimum atomic E-state index is -0.377. The van der Waals surface area contributed by atoms with E-state index in [1.54, 1.807) is 0 Å². The Morgan fingerprint density at radius 2 is 1.96 bits per heavy atom. The Hall–Kier alpha value is -0.580. The van der Waals surface area contributed by atoms with E-state index in [1.807, 2.05) is 25.1 Å². The second-order valence-electron chi connectivity index (χ2n) is 5.75. The van der Waals surface area contributed by atoms with Crippen LogP contribution < -0.4 is 5.73 Å². The molecule has 0 bridgehead atoms. The predicted octanol–water partition coefficient (Wildman–Crippen LogP) is 5.12. The molecule has 0 aliphatic carbocycles. The highest BCUT2D eigenvalue weighted by Gasteiger charge is 2.28. The van der Waals surface area contributed by atoms with Gasteiger partial charge in [0.1, 0.15) is 0 Å². The first-order valence-corrected chi connectivity index (χ1v) is 8.99. The van der Waals surface area contributed by atoms with Crippen molar-refractivity contribution in [1.82, 2.24) is 0 Å². The quantitative estimate of drug-likeness (QED) is 0.457. The predicted molar refractivity (Wildman–Crippen MR) is 102 cm³/mol. The molecule has 1 atom stereocenters. The number of ether oxygens (including phenoxy) is 1. The number of halogens is 2. The van der Waals surface area contributed by atoms with E-state index in [-0.39, 0.29) is 30.3 Å². The van der Waals surface area contributed by atoms with Gasteiger partial charge in [-0.3, -0.25) is 4.79 Å². The number of benzene rings is 1. The summed E-state index contributed by atoms with van der Waals surface area (Å²) in [5.41, 5.74) is 8.35. The monoisotopic (exact) mass is 405 g/mol. The maximum Gasteiger partial charge on any atom is 0.310 e. The fourth-order valence-electron chi connectivity index (χ4n) is 2.75. The largest absolute Gasteiger partial charge is 0.466 e. The van der Waals surface area contributed by atoms with E-state index in [0.717, 1.165) is 34.9 Å². The minimum absolute atomic E-state index is 0. The van der Waals surface area contributed by atoms with Crippen molar-refractivity contribution >= 4 is 34.3 Å². The maximum absolute atomic E-state index is 11.9. The first-order chi connectivity index (χ1) is 10.5. The summed E-state index contributed by atoms with van der Waals surface area (Å²) in [5.74, 6) is -0.200. The Bertz CT molecular complexity index is 496. The van der Waals surface area contributed by atoms with E-state index in [0.29, 0.717) is 6.61 Å². The molecule has 1 rings (SSSR count). The number of unbranched alkanes of at least 4 members (excludes halogenated alkanes) is 2. The van der Waals surface area contributed by atoms with Gasteiger partial charge in [0.05, 0.1) is 13.0 Å². The molecule has 0 aliphatic rings. The number of nitrogens with two attached hydrogens (primary N) is 1. The van der Waals surface area contributed by atoms with Gasteiger partial charge in [-0.25, -0.2) is 0 Å². The van der Waals surface area contributed by atoms with Crippen LogP contribution in [0.3, 0.4) is 0 Å².